The van der Waals surface area contributed by atoms with Gasteiger partial charge in [-0.1, -0.05) is 12.1 Å². The van der Waals surface area contributed by atoms with Crippen molar-refractivity contribution in [2.75, 3.05) is 25.1 Å². The summed E-state index contributed by atoms with van der Waals surface area (Å²) in [4.78, 5) is 28.2. The van der Waals surface area contributed by atoms with Crippen molar-refractivity contribution in [2.45, 2.75) is 51.2 Å². The lowest BCUT2D eigenvalue weighted by Gasteiger charge is -2.27. The molecule has 2 aliphatic heterocycles. The number of rotatable bonds is 7. The molecule has 4 rings (SSSR count). The van der Waals surface area contributed by atoms with Crippen LogP contribution in [-0.4, -0.2) is 42.6 Å². The number of hydrogen-bond acceptors (Lipinski definition) is 5. The Morgan fingerprint density at radius 2 is 2.10 bits per heavy atom. The van der Waals surface area contributed by atoms with Crippen LogP contribution in [0.15, 0.2) is 35.7 Å². The first kappa shape index (κ1) is 20.9. The molecule has 1 fully saturated rings. The van der Waals surface area contributed by atoms with E-state index in [4.69, 9.17) is 9.47 Å². The SMILES string of the molecule is O=C(CCC(=O)N1CCc2sccc2C1)Nc1ccccc1OCC1CCCCO1. The Labute approximate surface area is 181 Å². The number of nitrogens with one attached hydrogen (secondary N) is 1. The Morgan fingerprint density at radius 3 is 2.97 bits per heavy atom. The summed E-state index contributed by atoms with van der Waals surface area (Å²) in [6.07, 6.45) is 4.64. The molecule has 160 valence electrons. The standard InChI is InChI=1S/C23H28N2O4S/c26-22(8-9-23(27)25-12-10-21-17(15-25)11-14-30-21)24-19-6-1-2-7-20(19)29-16-18-5-3-4-13-28-18/h1-2,6-7,11,14,18H,3-5,8-10,12-13,15-16H2,(H,24,26). The molecule has 3 heterocycles. The average Bonchev–Trinajstić information content (AvgIpc) is 3.25. The van der Waals surface area contributed by atoms with Crippen LogP contribution in [0.2, 0.25) is 0 Å². The normalized spacial score (nSPS) is 18.5. The van der Waals surface area contributed by atoms with Gasteiger partial charge in [-0.05, 0) is 54.8 Å². The van der Waals surface area contributed by atoms with Crippen LogP contribution in [0.3, 0.4) is 0 Å². The van der Waals surface area contributed by atoms with Gasteiger partial charge in [0.1, 0.15) is 12.4 Å². The third-order valence-electron chi connectivity index (χ3n) is 5.59. The molecule has 7 heteroatoms. The molecule has 0 bridgehead atoms. The van der Waals surface area contributed by atoms with Crippen LogP contribution in [0, 0.1) is 0 Å². The Hall–Kier alpha value is -2.38. The van der Waals surface area contributed by atoms with Crippen molar-refractivity contribution >= 4 is 28.8 Å². The van der Waals surface area contributed by atoms with Gasteiger partial charge in [-0.15, -0.1) is 11.3 Å². The van der Waals surface area contributed by atoms with E-state index in [1.54, 1.807) is 11.3 Å². The van der Waals surface area contributed by atoms with Gasteiger partial charge in [0, 0.05) is 37.4 Å². The topological polar surface area (TPSA) is 67.9 Å². The van der Waals surface area contributed by atoms with E-state index in [9.17, 15) is 9.59 Å². The maximum Gasteiger partial charge on any atom is 0.224 e. The Kier molecular flexibility index (Phi) is 7.02. The minimum atomic E-state index is -0.179. The largest absolute Gasteiger partial charge is 0.489 e. The van der Waals surface area contributed by atoms with Crippen LogP contribution in [0.1, 0.15) is 42.5 Å². The Bertz CT molecular complexity index is 876. The van der Waals surface area contributed by atoms with Crippen molar-refractivity contribution in [2.24, 2.45) is 0 Å². The van der Waals surface area contributed by atoms with Crippen molar-refractivity contribution in [3.8, 4) is 5.75 Å². The highest BCUT2D eigenvalue weighted by molar-refractivity contribution is 7.10. The average molecular weight is 429 g/mol. The first-order chi connectivity index (χ1) is 14.7. The van der Waals surface area contributed by atoms with Crippen LogP contribution in [-0.2, 0) is 27.3 Å². The lowest BCUT2D eigenvalue weighted by Crippen LogP contribution is -2.35. The predicted octanol–water partition coefficient (Wildman–Crippen LogP) is 4.00. The molecular weight excluding hydrogens is 400 g/mol. The molecule has 0 aliphatic carbocycles. The van der Waals surface area contributed by atoms with Gasteiger partial charge in [0.25, 0.3) is 0 Å². The molecule has 0 spiro atoms. The summed E-state index contributed by atoms with van der Waals surface area (Å²) in [5.74, 6) is 0.481. The number of hydrogen-bond donors (Lipinski definition) is 1. The molecule has 1 aromatic carbocycles. The molecule has 1 aromatic heterocycles. The number of carbonyl (C=O) groups excluding carboxylic acids is 2. The lowest BCUT2D eigenvalue weighted by molar-refractivity contribution is -0.133. The summed E-state index contributed by atoms with van der Waals surface area (Å²) in [5.41, 5.74) is 1.86. The van der Waals surface area contributed by atoms with E-state index in [0.29, 0.717) is 24.6 Å². The van der Waals surface area contributed by atoms with E-state index in [1.165, 1.54) is 10.4 Å². The minimum Gasteiger partial charge on any atom is -0.489 e. The van der Waals surface area contributed by atoms with Crippen molar-refractivity contribution in [1.29, 1.82) is 0 Å². The van der Waals surface area contributed by atoms with Crippen molar-refractivity contribution in [3.05, 3.63) is 46.2 Å². The lowest BCUT2D eigenvalue weighted by atomic mass is 10.1. The molecule has 2 aromatic rings. The van der Waals surface area contributed by atoms with E-state index in [2.05, 4.69) is 16.8 Å². The number of amides is 2. The van der Waals surface area contributed by atoms with Gasteiger partial charge >= 0.3 is 0 Å². The fraction of sp³-hybridized carbons (Fsp3) is 0.478. The van der Waals surface area contributed by atoms with Crippen molar-refractivity contribution in [3.63, 3.8) is 0 Å². The van der Waals surface area contributed by atoms with E-state index in [-0.39, 0.29) is 30.8 Å². The van der Waals surface area contributed by atoms with E-state index in [1.807, 2.05) is 29.2 Å². The zero-order valence-corrected chi connectivity index (χ0v) is 17.9. The van der Waals surface area contributed by atoms with Crippen molar-refractivity contribution < 1.29 is 19.1 Å². The van der Waals surface area contributed by atoms with E-state index < -0.39 is 0 Å². The molecule has 1 atom stereocenters. The highest BCUT2D eigenvalue weighted by atomic mass is 32.1. The van der Waals surface area contributed by atoms with Crippen LogP contribution in [0.5, 0.6) is 5.75 Å². The van der Waals surface area contributed by atoms with Gasteiger partial charge in [0.15, 0.2) is 0 Å². The maximum atomic E-state index is 12.5. The maximum absolute atomic E-state index is 12.5. The summed E-state index contributed by atoms with van der Waals surface area (Å²) >= 11 is 1.75. The molecular formula is C23H28N2O4S. The quantitative estimate of drug-likeness (QED) is 0.724. The number of ether oxygens (including phenoxy) is 2. The molecule has 0 radical (unpaired) electrons. The number of thiophene rings is 1. The van der Waals surface area contributed by atoms with Crippen LogP contribution >= 0.6 is 11.3 Å². The number of benzene rings is 1. The molecule has 1 N–H and O–H groups in total. The first-order valence-electron chi connectivity index (χ1n) is 10.7. The Morgan fingerprint density at radius 1 is 1.20 bits per heavy atom. The number of fused-ring (bicyclic) bond motifs is 1. The molecule has 0 saturated carbocycles. The van der Waals surface area contributed by atoms with Crippen LogP contribution < -0.4 is 10.1 Å². The molecule has 2 aliphatic rings. The van der Waals surface area contributed by atoms with Gasteiger partial charge in [-0.3, -0.25) is 9.59 Å². The third kappa shape index (κ3) is 5.40. The summed E-state index contributed by atoms with van der Waals surface area (Å²) in [5, 5.41) is 4.97. The highest BCUT2D eigenvalue weighted by Gasteiger charge is 2.22. The van der Waals surface area contributed by atoms with Crippen LogP contribution in [0.4, 0.5) is 5.69 Å². The molecule has 30 heavy (non-hydrogen) atoms. The molecule has 1 saturated heterocycles. The molecule has 2 amide bonds. The zero-order valence-electron chi connectivity index (χ0n) is 17.1. The second-order valence-corrected chi connectivity index (χ2v) is 8.78. The third-order valence-corrected chi connectivity index (χ3v) is 6.61. The predicted molar refractivity (Wildman–Crippen MR) is 117 cm³/mol. The molecule has 6 nitrogen and oxygen atoms in total. The van der Waals surface area contributed by atoms with E-state index >= 15 is 0 Å². The second kappa shape index (κ2) is 10.1. The summed E-state index contributed by atoms with van der Waals surface area (Å²) < 4.78 is 11.6. The highest BCUT2D eigenvalue weighted by Crippen LogP contribution is 2.26. The summed E-state index contributed by atoms with van der Waals surface area (Å²) in [6, 6.07) is 9.49. The van der Waals surface area contributed by atoms with Gasteiger partial charge in [0.2, 0.25) is 11.8 Å². The Balaban J connectivity index is 1.25. The monoisotopic (exact) mass is 428 g/mol. The van der Waals surface area contributed by atoms with Gasteiger partial charge in [0.05, 0.1) is 11.8 Å². The van der Waals surface area contributed by atoms with Gasteiger partial charge < -0.3 is 19.7 Å². The first-order valence-corrected chi connectivity index (χ1v) is 11.5. The fourth-order valence-corrected chi connectivity index (χ4v) is 4.76. The summed E-state index contributed by atoms with van der Waals surface area (Å²) in [7, 11) is 0. The molecule has 1 unspecified atom stereocenters. The van der Waals surface area contributed by atoms with E-state index in [0.717, 1.165) is 38.8 Å². The van der Waals surface area contributed by atoms with Crippen LogP contribution in [0.25, 0.3) is 0 Å². The van der Waals surface area contributed by atoms with Gasteiger partial charge in [-0.2, -0.15) is 0 Å². The minimum absolute atomic E-state index is 0.0287. The summed E-state index contributed by atoms with van der Waals surface area (Å²) in [6.45, 7) is 2.64. The fourth-order valence-electron chi connectivity index (χ4n) is 3.87. The smallest absolute Gasteiger partial charge is 0.224 e. The number of anilines is 1. The van der Waals surface area contributed by atoms with Crippen molar-refractivity contribution in [1.82, 2.24) is 4.90 Å². The number of nitrogens with zero attached hydrogens (tertiary/aromatic N) is 1. The number of carbonyl (C=O) groups is 2. The zero-order chi connectivity index (χ0) is 20.8. The number of para-hydroxylation sites is 2. The van der Waals surface area contributed by atoms with Gasteiger partial charge in [-0.25, -0.2) is 0 Å². The second-order valence-electron chi connectivity index (χ2n) is 7.78.